The van der Waals surface area contributed by atoms with Crippen LogP contribution < -0.4 is 14.8 Å². The molecule has 5 rings (SSSR count). The molecule has 0 aliphatic carbocycles. The van der Waals surface area contributed by atoms with Gasteiger partial charge < -0.3 is 19.4 Å². The zero-order chi connectivity index (χ0) is 22.6. The Hall–Kier alpha value is -3.80. The van der Waals surface area contributed by atoms with Crippen molar-refractivity contribution in [3.8, 4) is 11.5 Å². The van der Waals surface area contributed by atoms with Gasteiger partial charge in [-0.1, -0.05) is 30.3 Å². The Labute approximate surface area is 193 Å². The van der Waals surface area contributed by atoms with Crippen molar-refractivity contribution in [2.45, 2.75) is 32.2 Å². The van der Waals surface area contributed by atoms with Gasteiger partial charge in [-0.15, -0.1) is 0 Å². The Kier molecular flexibility index (Phi) is 5.98. The molecule has 4 aromatic rings. The predicted octanol–water partition coefficient (Wildman–Crippen LogP) is 4.67. The number of rotatable bonds is 8. The third kappa shape index (κ3) is 4.42. The number of hydrogen-bond acceptors (Lipinski definition) is 4. The van der Waals surface area contributed by atoms with Gasteiger partial charge in [-0.05, 0) is 48.4 Å². The van der Waals surface area contributed by atoms with Crippen molar-refractivity contribution >= 4 is 16.8 Å². The highest BCUT2D eigenvalue weighted by molar-refractivity contribution is 5.86. The molecule has 2 aromatic carbocycles. The van der Waals surface area contributed by atoms with E-state index < -0.39 is 0 Å². The molecule has 0 spiro atoms. The van der Waals surface area contributed by atoms with Gasteiger partial charge in [-0.2, -0.15) is 0 Å². The lowest BCUT2D eigenvalue weighted by atomic mass is 9.87. The molecule has 0 radical (unpaired) electrons. The summed E-state index contributed by atoms with van der Waals surface area (Å²) in [7, 11) is 0. The van der Waals surface area contributed by atoms with Crippen molar-refractivity contribution in [1.82, 2.24) is 14.9 Å². The number of fused-ring (bicyclic) bond motifs is 2. The first-order valence-electron chi connectivity index (χ1n) is 11.4. The lowest BCUT2D eigenvalue weighted by molar-refractivity contribution is -0.121. The number of carbonyl (C=O) groups is 1. The first-order chi connectivity index (χ1) is 16.2. The van der Waals surface area contributed by atoms with E-state index in [9.17, 15) is 4.79 Å². The topological polar surface area (TPSA) is 65.4 Å². The minimum Gasteiger partial charge on any atom is -0.454 e. The van der Waals surface area contributed by atoms with Gasteiger partial charge >= 0.3 is 0 Å². The van der Waals surface area contributed by atoms with Gasteiger partial charge in [0.25, 0.3) is 0 Å². The molecular weight excluding hydrogens is 414 g/mol. The Morgan fingerprint density at radius 2 is 1.94 bits per heavy atom. The van der Waals surface area contributed by atoms with E-state index >= 15 is 0 Å². The highest BCUT2D eigenvalue weighted by Crippen LogP contribution is 2.40. The molecule has 6 heteroatoms. The lowest BCUT2D eigenvalue weighted by Crippen LogP contribution is -2.27. The Balaban J connectivity index is 1.43. The highest BCUT2D eigenvalue weighted by atomic mass is 16.7. The Morgan fingerprint density at radius 3 is 2.79 bits per heavy atom. The number of ether oxygens (including phenoxy) is 2. The number of nitrogens with zero attached hydrogens (tertiary/aromatic N) is 2. The zero-order valence-electron chi connectivity index (χ0n) is 18.7. The fraction of sp³-hybridized carbons (Fsp3) is 0.259. The van der Waals surface area contributed by atoms with Crippen LogP contribution in [-0.2, 0) is 17.8 Å². The molecule has 0 saturated carbocycles. The number of para-hydroxylation sites is 1. The standard InChI is InChI=1S/C27H27N3O3/c1-2-30-17-23(21-8-3-4-9-24(21)30)22(19-10-11-25-26(15-19)33-18-32-25)16-27(31)29-14-12-20-7-5-6-13-28-20/h3-11,13,15,17,22H,2,12,14,16,18H2,1H3,(H,29,31). The third-order valence-electron chi connectivity index (χ3n) is 6.15. The summed E-state index contributed by atoms with van der Waals surface area (Å²) in [6.45, 7) is 3.79. The van der Waals surface area contributed by atoms with Crippen LogP contribution in [0.3, 0.4) is 0 Å². The van der Waals surface area contributed by atoms with E-state index in [4.69, 9.17) is 9.47 Å². The number of pyridine rings is 1. The van der Waals surface area contributed by atoms with Crippen molar-refractivity contribution in [3.05, 3.63) is 89.9 Å². The maximum atomic E-state index is 13.0. The second-order valence-electron chi connectivity index (χ2n) is 8.18. The van der Waals surface area contributed by atoms with Gasteiger partial charge in [-0.3, -0.25) is 9.78 Å². The fourth-order valence-electron chi connectivity index (χ4n) is 4.49. The van der Waals surface area contributed by atoms with E-state index in [2.05, 4.69) is 52.3 Å². The molecule has 1 aliphatic heterocycles. The van der Waals surface area contributed by atoms with Gasteiger partial charge in [-0.25, -0.2) is 0 Å². The Morgan fingerprint density at radius 1 is 1.09 bits per heavy atom. The van der Waals surface area contributed by atoms with Crippen LogP contribution in [0.5, 0.6) is 11.5 Å². The average molecular weight is 442 g/mol. The number of carbonyl (C=O) groups excluding carboxylic acids is 1. The van der Waals surface area contributed by atoms with E-state index in [1.54, 1.807) is 6.20 Å². The number of aromatic nitrogens is 2. The van der Waals surface area contributed by atoms with Gasteiger partial charge in [0.1, 0.15) is 0 Å². The summed E-state index contributed by atoms with van der Waals surface area (Å²) in [5.74, 6) is 1.38. The molecule has 1 N–H and O–H groups in total. The number of aryl methyl sites for hydroxylation is 1. The molecule has 6 nitrogen and oxygen atoms in total. The van der Waals surface area contributed by atoms with E-state index in [-0.39, 0.29) is 18.6 Å². The predicted molar refractivity (Wildman–Crippen MR) is 128 cm³/mol. The molecule has 0 saturated heterocycles. The van der Waals surface area contributed by atoms with Crippen LogP contribution in [0.2, 0.25) is 0 Å². The smallest absolute Gasteiger partial charge is 0.231 e. The minimum atomic E-state index is -0.105. The SMILES string of the molecule is CCn1cc(C(CC(=O)NCCc2ccccn2)c2ccc3c(c2)OCO3)c2ccccc21. The van der Waals surface area contributed by atoms with Crippen molar-refractivity contribution in [2.75, 3.05) is 13.3 Å². The average Bonchev–Trinajstić information content (AvgIpc) is 3.47. The molecule has 1 aliphatic rings. The number of amides is 1. The highest BCUT2D eigenvalue weighted by Gasteiger charge is 2.25. The molecule has 1 unspecified atom stereocenters. The number of benzene rings is 2. The van der Waals surface area contributed by atoms with Crippen LogP contribution >= 0.6 is 0 Å². The van der Waals surface area contributed by atoms with E-state index in [1.165, 1.54) is 10.9 Å². The van der Waals surface area contributed by atoms with Crippen molar-refractivity contribution in [3.63, 3.8) is 0 Å². The zero-order valence-corrected chi connectivity index (χ0v) is 18.7. The van der Waals surface area contributed by atoms with Crippen LogP contribution in [0.4, 0.5) is 0 Å². The summed E-state index contributed by atoms with van der Waals surface area (Å²) in [6.07, 6.45) is 5.01. The van der Waals surface area contributed by atoms with Gasteiger partial charge in [0.15, 0.2) is 11.5 Å². The second kappa shape index (κ2) is 9.36. The van der Waals surface area contributed by atoms with Gasteiger partial charge in [0.2, 0.25) is 12.7 Å². The molecule has 1 amide bonds. The van der Waals surface area contributed by atoms with Gasteiger partial charge in [0.05, 0.1) is 0 Å². The lowest BCUT2D eigenvalue weighted by Gasteiger charge is -2.18. The van der Waals surface area contributed by atoms with E-state index in [1.807, 2.05) is 36.4 Å². The van der Waals surface area contributed by atoms with Crippen molar-refractivity contribution in [1.29, 1.82) is 0 Å². The van der Waals surface area contributed by atoms with Crippen LogP contribution in [0.1, 0.15) is 36.1 Å². The summed E-state index contributed by atoms with van der Waals surface area (Å²) in [4.78, 5) is 17.4. The molecule has 33 heavy (non-hydrogen) atoms. The quantitative estimate of drug-likeness (QED) is 0.432. The maximum absolute atomic E-state index is 13.0. The van der Waals surface area contributed by atoms with Crippen LogP contribution in [0.15, 0.2) is 73.1 Å². The minimum absolute atomic E-state index is 0.0157. The summed E-state index contributed by atoms with van der Waals surface area (Å²) in [6, 6.07) is 20.2. The maximum Gasteiger partial charge on any atom is 0.231 e. The molecular formula is C27H27N3O3. The molecule has 1 atom stereocenters. The summed E-state index contributed by atoms with van der Waals surface area (Å²) in [5.41, 5.74) is 4.33. The van der Waals surface area contributed by atoms with E-state index in [0.717, 1.165) is 34.9 Å². The van der Waals surface area contributed by atoms with Crippen molar-refractivity contribution in [2.24, 2.45) is 0 Å². The first kappa shape index (κ1) is 21.1. The molecule has 0 bridgehead atoms. The largest absolute Gasteiger partial charge is 0.454 e. The number of hydrogen-bond donors (Lipinski definition) is 1. The fourth-order valence-corrected chi connectivity index (χ4v) is 4.49. The summed E-state index contributed by atoms with van der Waals surface area (Å²) < 4.78 is 13.4. The van der Waals surface area contributed by atoms with Crippen LogP contribution in [0, 0.1) is 0 Å². The third-order valence-corrected chi connectivity index (χ3v) is 6.15. The molecule has 2 aromatic heterocycles. The molecule has 0 fully saturated rings. The summed E-state index contributed by atoms with van der Waals surface area (Å²) >= 11 is 0. The first-order valence-corrected chi connectivity index (χ1v) is 11.4. The molecule has 168 valence electrons. The van der Waals surface area contributed by atoms with E-state index in [0.29, 0.717) is 19.4 Å². The normalized spacial score (nSPS) is 13.2. The van der Waals surface area contributed by atoms with Crippen LogP contribution in [-0.4, -0.2) is 28.8 Å². The Bertz CT molecular complexity index is 1270. The molecule has 3 heterocycles. The monoisotopic (exact) mass is 441 g/mol. The second-order valence-corrected chi connectivity index (χ2v) is 8.18. The van der Waals surface area contributed by atoms with Crippen molar-refractivity contribution < 1.29 is 14.3 Å². The number of nitrogens with one attached hydrogen (secondary N) is 1. The van der Waals surface area contributed by atoms with Crippen LogP contribution in [0.25, 0.3) is 10.9 Å². The van der Waals surface area contributed by atoms with Gasteiger partial charge in [0, 0.05) is 60.8 Å². The summed E-state index contributed by atoms with van der Waals surface area (Å²) in [5, 5.41) is 4.25.